The quantitative estimate of drug-likeness (QED) is 0.609. The molecule has 0 bridgehead atoms. The van der Waals surface area contributed by atoms with Crippen molar-refractivity contribution in [2.45, 2.75) is 19.1 Å². The molecule has 1 heterocycles. The van der Waals surface area contributed by atoms with E-state index in [9.17, 15) is 9.59 Å². The minimum atomic E-state index is -1.16. The number of H-pyrrole nitrogens is 2. The summed E-state index contributed by atoms with van der Waals surface area (Å²) in [4.78, 5) is 28.4. The normalized spacial score (nSPS) is 11.6. The van der Waals surface area contributed by atoms with Gasteiger partial charge in [0, 0.05) is 18.3 Å². The molecule has 2 aromatic rings. The number of alkyl carbamates (subject to hydrolysis) is 1. The summed E-state index contributed by atoms with van der Waals surface area (Å²) < 4.78 is 5.39. The summed E-state index contributed by atoms with van der Waals surface area (Å²) >= 11 is 4.86. The highest BCUT2D eigenvalue weighted by molar-refractivity contribution is 7.71. The molecule has 0 aliphatic rings. The molecule has 0 saturated carbocycles. The Morgan fingerprint density at radius 1 is 1.32 bits per heavy atom. The number of nitrogens with one attached hydrogen (secondary N) is 3. The standard InChI is InChI=1S/C14H15N3O4S/c18-12(19)11(6-10-7-15-13(22)16-10)17-14(20)21-8-9-4-2-1-3-5-9/h1-5,7,11H,6,8H2,(H,17,20)(H,18,19)(H2,15,16,22)/t11-/m1/s1. The Balaban J connectivity index is 1.88. The molecule has 7 nitrogen and oxygen atoms in total. The number of ether oxygens (including phenoxy) is 1. The molecule has 0 radical (unpaired) electrons. The highest BCUT2D eigenvalue weighted by Crippen LogP contribution is 2.03. The molecular weight excluding hydrogens is 306 g/mol. The molecule has 2 rings (SSSR count). The first-order valence-electron chi connectivity index (χ1n) is 6.51. The molecule has 0 fully saturated rings. The van der Waals surface area contributed by atoms with Crippen molar-refractivity contribution in [3.63, 3.8) is 0 Å². The van der Waals surface area contributed by atoms with E-state index in [4.69, 9.17) is 22.1 Å². The average molecular weight is 321 g/mol. The lowest BCUT2D eigenvalue weighted by Crippen LogP contribution is -2.42. The Morgan fingerprint density at radius 3 is 2.64 bits per heavy atom. The Morgan fingerprint density at radius 2 is 2.05 bits per heavy atom. The van der Waals surface area contributed by atoms with E-state index in [2.05, 4.69) is 15.3 Å². The fourth-order valence-corrected chi connectivity index (χ4v) is 2.00. The fraction of sp³-hybridized carbons (Fsp3) is 0.214. The zero-order chi connectivity index (χ0) is 15.9. The molecule has 0 aliphatic heterocycles. The summed E-state index contributed by atoms with van der Waals surface area (Å²) in [7, 11) is 0. The fourth-order valence-electron chi connectivity index (χ4n) is 1.81. The number of carbonyl (C=O) groups excluding carboxylic acids is 1. The summed E-state index contributed by atoms with van der Waals surface area (Å²) in [6.45, 7) is 0.0750. The van der Waals surface area contributed by atoms with Crippen LogP contribution in [-0.2, 0) is 22.6 Å². The minimum Gasteiger partial charge on any atom is -0.480 e. The molecule has 1 aromatic heterocycles. The van der Waals surface area contributed by atoms with Crippen LogP contribution in [0.1, 0.15) is 11.3 Å². The predicted molar refractivity (Wildman–Crippen MR) is 80.9 cm³/mol. The van der Waals surface area contributed by atoms with Gasteiger partial charge >= 0.3 is 12.1 Å². The van der Waals surface area contributed by atoms with Gasteiger partial charge in [0.2, 0.25) is 0 Å². The lowest BCUT2D eigenvalue weighted by molar-refractivity contribution is -0.139. The van der Waals surface area contributed by atoms with Crippen LogP contribution in [0, 0.1) is 4.77 Å². The van der Waals surface area contributed by atoms with Gasteiger partial charge in [-0.3, -0.25) is 0 Å². The number of carbonyl (C=O) groups is 2. The van der Waals surface area contributed by atoms with Gasteiger partial charge in [-0.25, -0.2) is 9.59 Å². The van der Waals surface area contributed by atoms with Crippen LogP contribution in [0.5, 0.6) is 0 Å². The maximum atomic E-state index is 11.7. The number of aliphatic carboxylic acids is 1. The van der Waals surface area contributed by atoms with Gasteiger partial charge in [0.05, 0.1) is 0 Å². The summed E-state index contributed by atoms with van der Waals surface area (Å²) in [5.74, 6) is -1.16. The van der Waals surface area contributed by atoms with Gasteiger partial charge in [0.15, 0.2) is 4.77 Å². The van der Waals surface area contributed by atoms with E-state index in [1.54, 1.807) is 6.20 Å². The second-order valence-corrected chi connectivity index (χ2v) is 4.98. The lowest BCUT2D eigenvalue weighted by atomic mass is 10.2. The second kappa shape index (κ2) is 7.41. The number of carboxylic acid groups (broad SMARTS) is 1. The number of carboxylic acids is 1. The van der Waals surface area contributed by atoms with Crippen LogP contribution < -0.4 is 5.32 Å². The maximum absolute atomic E-state index is 11.7. The van der Waals surface area contributed by atoms with E-state index in [1.807, 2.05) is 30.3 Å². The van der Waals surface area contributed by atoms with E-state index in [1.165, 1.54) is 0 Å². The molecule has 1 aromatic carbocycles. The zero-order valence-corrected chi connectivity index (χ0v) is 12.4. The third kappa shape index (κ3) is 4.74. The van der Waals surface area contributed by atoms with E-state index in [0.717, 1.165) is 5.56 Å². The van der Waals surface area contributed by atoms with Crippen molar-refractivity contribution in [1.82, 2.24) is 15.3 Å². The number of imidazole rings is 1. The van der Waals surface area contributed by atoms with Crippen LogP contribution in [0.4, 0.5) is 4.79 Å². The Kier molecular flexibility index (Phi) is 5.31. The third-order valence-electron chi connectivity index (χ3n) is 2.88. The van der Waals surface area contributed by atoms with Crippen molar-refractivity contribution in [2.24, 2.45) is 0 Å². The van der Waals surface area contributed by atoms with Gasteiger partial charge in [-0.05, 0) is 17.8 Å². The van der Waals surface area contributed by atoms with Crippen molar-refractivity contribution in [3.05, 3.63) is 52.6 Å². The first-order valence-corrected chi connectivity index (χ1v) is 6.92. The zero-order valence-electron chi connectivity index (χ0n) is 11.5. The molecule has 1 amide bonds. The number of amides is 1. The highest BCUT2D eigenvalue weighted by atomic mass is 32.1. The van der Waals surface area contributed by atoms with Gasteiger partial charge < -0.3 is 25.1 Å². The number of aromatic nitrogens is 2. The van der Waals surface area contributed by atoms with Crippen molar-refractivity contribution < 1.29 is 19.4 Å². The molecule has 0 unspecified atom stereocenters. The van der Waals surface area contributed by atoms with Crippen LogP contribution in [0.25, 0.3) is 0 Å². The van der Waals surface area contributed by atoms with E-state index >= 15 is 0 Å². The van der Waals surface area contributed by atoms with Crippen LogP contribution in [-0.4, -0.2) is 33.2 Å². The average Bonchev–Trinajstić information content (AvgIpc) is 2.91. The highest BCUT2D eigenvalue weighted by Gasteiger charge is 2.21. The predicted octanol–water partition coefficient (Wildman–Crippen LogP) is 1.99. The lowest BCUT2D eigenvalue weighted by Gasteiger charge is -2.13. The Labute approximate surface area is 131 Å². The SMILES string of the molecule is O=C(N[C@H](Cc1c[nH]c(=S)[nH]1)C(=O)O)OCc1ccccc1. The Bertz CT molecular complexity index is 695. The second-order valence-electron chi connectivity index (χ2n) is 4.57. The van der Waals surface area contributed by atoms with E-state index in [0.29, 0.717) is 10.5 Å². The molecular formula is C14H15N3O4S. The molecule has 0 saturated heterocycles. The largest absolute Gasteiger partial charge is 0.480 e. The summed E-state index contributed by atoms with van der Waals surface area (Å²) in [5.41, 5.74) is 1.40. The minimum absolute atomic E-state index is 0.0723. The molecule has 22 heavy (non-hydrogen) atoms. The van der Waals surface area contributed by atoms with Gasteiger partial charge in [-0.15, -0.1) is 0 Å². The molecule has 116 valence electrons. The van der Waals surface area contributed by atoms with Crippen LogP contribution in [0.3, 0.4) is 0 Å². The number of hydrogen-bond donors (Lipinski definition) is 4. The van der Waals surface area contributed by atoms with Gasteiger partial charge in [0.25, 0.3) is 0 Å². The van der Waals surface area contributed by atoms with Crippen molar-refractivity contribution in [1.29, 1.82) is 0 Å². The molecule has 1 atom stereocenters. The third-order valence-corrected chi connectivity index (χ3v) is 3.10. The smallest absolute Gasteiger partial charge is 0.408 e. The van der Waals surface area contributed by atoms with Crippen LogP contribution >= 0.6 is 12.2 Å². The van der Waals surface area contributed by atoms with E-state index < -0.39 is 18.1 Å². The summed E-state index contributed by atoms with van der Waals surface area (Å²) in [6.07, 6.45) is 0.850. The maximum Gasteiger partial charge on any atom is 0.408 e. The molecule has 8 heteroatoms. The Hall–Kier alpha value is -2.61. The van der Waals surface area contributed by atoms with Crippen LogP contribution in [0.2, 0.25) is 0 Å². The monoisotopic (exact) mass is 321 g/mol. The van der Waals surface area contributed by atoms with Gasteiger partial charge in [-0.2, -0.15) is 0 Å². The number of aromatic amines is 2. The van der Waals surface area contributed by atoms with Gasteiger partial charge in [-0.1, -0.05) is 30.3 Å². The first kappa shape index (κ1) is 15.8. The first-order chi connectivity index (χ1) is 10.5. The number of rotatable bonds is 6. The molecule has 0 spiro atoms. The molecule has 4 N–H and O–H groups in total. The number of benzene rings is 1. The van der Waals surface area contributed by atoms with Crippen molar-refractivity contribution in [2.75, 3.05) is 0 Å². The van der Waals surface area contributed by atoms with Crippen LogP contribution in [0.15, 0.2) is 36.5 Å². The van der Waals surface area contributed by atoms with Gasteiger partial charge in [0.1, 0.15) is 12.6 Å². The van der Waals surface area contributed by atoms with Crippen molar-refractivity contribution >= 4 is 24.3 Å². The van der Waals surface area contributed by atoms with Crippen molar-refractivity contribution in [3.8, 4) is 0 Å². The molecule has 0 aliphatic carbocycles. The number of hydrogen-bond acceptors (Lipinski definition) is 4. The topological polar surface area (TPSA) is 107 Å². The van der Waals surface area contributed by atoms with E-state index in [-0.39, 0.29) is 13.0 Å². The summed E-state index contributed by atoms with van der Waals surface area (Å²) in [5, 5.41) is 11.5. The summed E-state index contributed by atoms with van der Waals surface area (Å²) in [6, 6.07) is 8.01.